The van der Waals surface area contributed by atoms with E-state index in [-0.39, 0.29) is 13.2 Å². The molecule has 0 bridgehead atoms. The Labute approximate surface area is 105 Å². The molecule has 2 rings (SSSR count). The molecule has 0 aromatic carbocycles. The van der Waals surface area contributed by atoms with Crippen LogP contribution in [0.2, 0.25) is 0 Å². The summed E-state index contributed by atoms with van der Waals surface area (Å²) in [6.45, 7) is -0.666. The van der Waals surface area contributed by atoms with Crippen LogP contribution in [0.15, 0.2) is 4.99 Å². The summed E-state index contributed by atoms with van der Waals surface area (Å²) in [7, 11) is 0. The highest BCUT2D eigenvalue weighted by Crippen LogP contribution is 2.63. The minimum absolute atomic E-state index is 0.298. The first-order chi connectivity index (χ1) is 8.89. The van der Waals surface area contributed by atoms with E-state index in [1.165, 1.54) is 0 Å². The monoisotopic (exact) mass is 316 g/mol. The minimum atomic E-state index is -6.47. The normalized spacial score (nSPS) is 31.8. The van der Waals surface area contributed by atoms with Gasteiger partial charge in [-0.2, -0.15) is 35.1 Å². The van der Waals surface area contributed by atoms with Crippen molar-refractivity contribution in [3.8, 4) is 0 Å². The van der Waals surface area contributed by atoms with Gasteiger partial charge in [-0.05, 0) is 0 Å². The second-order valence-corrected chi connectivity index (χ2v) is 4.01. The van der Waals surface area contributed by atoms with Crippen LogP contribution in [0.5, 0.6) is 0 Å². The fourth-order valence-electron chi connectivity index (χ4n) is 1.75. The number of likely N-dealkylation sites (tertiary alicyclic amines) is 1. The van der Waals surface area contributed by atoms with Crippen LogP contribution >= 0.6 is 0 Å². The average molecular weight is 316 g/mol. The molecule has 0 radical (unpaired) electrons. The molecule has 0 amide bonds. The third-order valence-corrected chi connectivity index (χ3v) is 2.79. The molecule has 20 heavy (non-hydrogen) atoms. The van der Waals surface area contributed by atoms with Crippen LogP contribution in [0.25, 0.3) is 0 Å². The van der Waals surface area contributed by atoms with Gasteiger partial charge in [0.15, 0.2) is 0 Å². The van der Waals surface area contributed by atoms with E-state index in [0.717, 1.165) is 0 Å². The Hall–Kier alpha value is -1.20. The lowest BCUT2D eigenvalue weighted by Crippen LogP contribution is -2.56. The molecule has 12 heteroatoms. The van der Waals surface area contributed by atoms with Crippen molar-refractivity contribution in [1.29, 1.82) is 0 Å². The van der Waals surface area contributed by atoms with Crippen LogP contribution in [0.4, 0.5) is 39.5 Å². The number of hydrogen-bond donors (Lipinski definition) is 0. The van der Waals surface area contributed by atoms with E-state index >= 15 is 0 Å². The smallest absolute Gasteiger partial charge is 0.394 e. The van der Waals surface area contributed by atoms with Crippen molar-refractivity contribution in [1.82, 2.24) is 4.90 Å². The molecule has 1 atom stereocenters. The van der Waals surface area contributed by atoms with E-state index in [9.17, 15) is 39.5 Å². The summed E-state index contributed by atoms with van der Waals surface area (Å²) in [5.41, 5.74) is 0. The molecule has 2 heterocycles. The first kappa shape index (κ1) is 15.2. The highest BCUT2D eigenvalue weighted by atomic mass is 19.4. The Bertz CT molecular complexity index is 423. The van der Waals surface area contributed by atoms with Gasteiger partial charge in [0.2, 0.25) is 12.2 Å². The van der Waals surface area contributed by atoms with Gasteiger partial charge in [-0.3, -0.25) is 0 Å². The van der Waals surface area contributed by atoms with Gasteiger partial charge >= 0.3 is 23.9 Å². The van der Waals surface area contributed by atoms with Gasteiger partial charge < -0.3 is 4.74 Å². The molecule has 1 fully saturated rings. The van der Waals surface area contributed by atoms with Crippen LogP contribution in [0, 0.1) is 0 Å². The molecule has 0 N–H and O–H groups in total. The molecule has 1 saturated heterocycles. The largest absolute Gasteiger partial charge is 0.476 e. The fourth-order valence-corrected chi connectivity index (χ4v) is 1.75. The summed E-state index contributed by atoms with van der Waals surface area (Å²) < 4.78 is 122. The lowest BCUT2D eigenvalue weighted by Gasteiger charge is -2.30. The molecule has 0 aromatic heterocycles. The summed E-state index contributed by atoms with van der Waals surface area (Å²) in [6, 6.07) is -12.3. The Morgan fingerprint density at radius 1 is 0.950 bits per heavy atom. The molecule has 0 spiro atoms. The van der Waals surface area contributed by atoms with Crippen LogP contribution in [0.3, 0.4) is 0 Å². The van der Waals surface area contributed by atoms with Gasteiger partial charge in [-0.1, -0.05) is 0 Å². The number of halogens is 9. The molecule has 3 nitrogen and oxygen atoms in total. The summed E-state index contributed by atoms with van der Waals surface area (Å²) in [4.78, 5) is 0.824. The van der Waals surface area contributed by atoms with Crippen molar-refractivity contribution in [3.63, 3.8) is 0 Å². The van der Waals surface area contributed by atoms with Crippen molar-refractivity contribution in [2.75, 3.05) is 13.2 Å². The fraction of sp³-hybridized carbons (Fsp3) is 0.875. The van der Waals surface area contributed by atoms with E-state index in [1.54, 1.807) is 0 Å². The summed E-state index contributed by atoms with van der Waals surface area (Å²) in [6.07, 6.45) is -3.73. The molecule has 1 unspecified atom stereocenters. The van der Waals surface area contributed by atoms with Crippen molar-refractivity contribution in [2.45, 2.75) is 30.2 Å². The van der Waals surface area contributed by atoms with Crippen LogP contribution in [-0.4, -0.2) is 54.2 Å². The van der Waals surface area contributed by atoms with E-state index in [4.69, 9.17) is 0 Å². The zero-order valence-electron chi connectivity index (χ0n) is 9.20. The Kier molecular flexibility index (Phi) is 2.98. The molecule has 0 aliphatic carbocycles. The predicted octanol–water partition coefficient (Wildman–Crippen LogP) is 2.48. The lowest BCUT2D eigenvalue weighted by atomic mass is 10.2. The number of aliphatic imine (C=N–C) groups is 1. The first-order valence-corrected chi connectivity index (χ1v) is 5.01. The van der Waals surface area contributed by atoms with Crippen molar-refractivity contribution in [2.24, 2.45) is 4.99 Å². The van der Waals surface area contributed by atoms with Gasteiger partial charge in [0.25, 0.3) is 0 Å². The number of nitrogens with zero attached hydrogens (tertiary/aromatic N) is 2. The number of ether oxygens (including phenoxy) is 1. The van der Waals surface area contributed by atoms with Gasteiger partial charge in [-0.15, -0.1) is 4.90 Å². The third-order valence-electron chi connectivity index (χ3n) is 2.79. The van der Waals surface area contributed by atoms with Crippen LogP contribution < -0.4 is 0 Å². The molecule has 0 saturated carbocycles. The maximum Gasteiger partial charge on any atom is 0.394 e. The SMILES string of the molecule is FC(C1=NCCO1)N1C(F)(F)C(F)(F)C(F)(F)C1(F)F. The number of rotatable bonds is 2. The van der Waals surface area contributed by atoms with Crippen molar-refractivity contribution < 1.29 is 44.3 Å². The highest BCUT2D eigenvalue weighted by Gasteiger charge is 2.94. The van der Waals surface area contributed by atoms with Crippen LogP contribution in [-0.2, 0) is 4.74 Å². The van der Waals surface area contributed by atoms with Gasteiger partial charge in [0.1, 0.15) is 6.61 Å². The predicted molar refractivity (Wildman–Crippen MR) is 44.8 cm³/mol. The maximum atomic E-state index is 13.5. The summed E-state index contributed by atoms with van der Waals surface area (Å²) >= 11 is 0. The van der Waals surface area contributed by atoms with E-state index in [1.807, 2.05) is 0 Å². The quantitative estimate of drug-likeness (QED) is 0.577. The Balaban J connectivity index is 2.51. The van der Waals surface area contributed by atoms with Gasteiger partial charge in [0, 0.05) is 0 Å². The average Bonchev–Trinajstić information content (AvgIpc) is 2.82. The maximum absolute atomic E-state index is 13.5. The molecule has 2 aliphatic rings. The topological polar surface area (TPSA) is 24.8 Å². The highest BCUT2D eigenvalue weighted by molar-refractivity contribution is 5.81. The standard InChI is InChI=1S/C8H5F9N2O/c9-3(4-18-1-2-20-4)19-7(14,15)5(10,11)6(12,13)8(19,16)17/h3H,1-2H2. The van der Waals surface area contributed by atoms with E-state index in [2.05, 4.69) is 9.73 Å². The second-order valence-electron chi connectivity index (χ2n) is 4.01. The lowest BCUT2D eigenvalue weighted by molar-refractivity contribution is -0.303. The molecule has 2 aliphatic heterocycles. The number of hydrogen-bond acceptors (Lipinski definition) is 3. The zero-order valence-corrected chi connectivity index (χ0v) is 9.20. The molecular weight excluding hydrogens is 311 g/mol. The second kappa shape index (κ2) is 3.92. The third kappa shape index (κ3) is 1.50. The summed E-state index contributed by atoms with van der Waals surface area (Å²) in [5, 5.41) is 0. The van der Waals surface area contributed by atoms with Gasteiger partial charge in [-0.25, -0.2) is 9.38 Å². The van der Waals surface area contributed by atoms with Crippen molar-refractivity contribution in [3.05, 3.63) is 0 Å². The zero-order chi connectivity index (χ0) is 15.6. The van der Waals surface area contributed by atoms with Crippen LogP contribution in [0.1, 0.15) is 0 Å². The number of alkyl halides is 9. The van der Waals surface area contributed by atoms with Gasteiger partial charge in [0.05, 0.1) is 6.54 Å². The van der Waals surface area contributed by atoms with E-state index < -0.39 is 41.0 Å². The van der Waals surface area contributed by atoms with Crippen molar-refractivity contribution >= 4 is 5.90 Å². The molecule has 0 aromatic rings. The molecular formula is C8H5F9N2O. The van der Waals surface area contributed by atoms with E-state index in [0.29, 0.717) is 0 Å². The Morgan fingerprint density at radius 2 is 1.40 bits per heavy atom. The molecule has 116 valence electrons. The first-order valence-electron chi connectivity index (χ1n) is 5.01. The Morgan fingerprint density at radius 3 is 1.75 bits per heavy atom. The minimum Gasteiger partial charge on any atom is -0.476 e. The summed E-state index contributed by atoms with van der Waals surface area (Å²) in [5.74, 6) is -14.3.